The maximum Gasteiger partial charge on any atom is 0.121 e. The van der Waals surface area contributed by atoms with Crippen LogP contribution in [0.15, 0.2) is 18.2 Å². The quantitative estimate of drug-likeness (QED) is 0.713. The fourth-order valence-corrected chi connectivity index (χ4v) is 1.26. The summed E-state index contributed by atoms with van der Waals surface area (Å²) in [7, 11) is 0. The Balaban J connectivity index is 2.78. The van der Waals surface area contributed by atoms with Gasteiger partial charge in [-0.25, -0.2) is 0 Å². The van der Waals surface area contributed by atoms with Gasteiger partial charge in [0.1, 0.15) is 6.07 Å². The highest BCUT2D eigenvalue weighted by Gasteiger charge is 2.02. The first-order chi connectivity index (χ1) is 5.75. The van der Waals surface area contributed by atoms with Gasteiger partial charge in [-0.15, -0.1) is 0 Å². The molecule has 0 amide bonds. The van der Waals surface area contributed by atoms with E-state index in [1.807, 2.05) is 12.1 Å². The van der Waals surface area contributed by atoms with Crippen molar-refractivity contribution in [1.29, 1.82) is 0 Å². The molecular weight excluding hydrogens is 218 g/mol. The van der Waals surface area contributed by atoms with Gasteiger partial charge in [0.05, 0.1) is 16.7 Å². The zero-order chi connectivity index (χ0) is 8.97. The first kappa shape index (κ1) is 10.1. The molecule has 0 aliphatic carbocycles. The molecule has 1 nitrogen and oxygen atoms in total. The van der Waals surface area contributed by atoms with Crippen molar-refractivity contribution in [1.82, 2.24) is 0 Å². The zero-order valence-corrected chi connectivity index (χ0v) is 8.46. The molecule has 1 rings (SSSR count). The highest BCUT2D eigenvalue weighted by molar-refractivity contribution is 6.42. The summed E-state index contributed by atoms with van der Waals surface area (Å²) in [6.07, 6.45) is 0. The SMILES string of the molecule is ClCOCc1cccc(Cl)c1Cl. The first-order valence-corrected chi connectivity index (χ1v) is 4.61. The topological polar surface area (TPSA) is 9.23 Å². The standard InChI is InChI=1S/C8H7Cl3O/c9-5-12-4-6-2-1-3-7(10)8(6)11/h1-3H,4-5H2. The predicted molar refractivity (Wildman–Crippen MR) is 52.0 cm³/mol. The maximum absolute atomic E-state index is 5.87. The number of benzene rings is 1. The van der Waals surface area contributed by atoms with Gasteiger partial charge in [-0.05, 0) is 11.6 Å². The number of hydrogen-bond donors (Lipinski definition) is 0. The number of alkyl halides is 1. The summed E-state index contributed by atoms with van der Waals surface area (Å²) < 4.78 is 4.98. The number of ether oxygens (including phenoxy) is 1. The van der Waals surface area contributed by atoms with Crippen LogP contribution in [-0.4, -0.2) is 6.07 Å². The lowest BCUT2D eigenvalue weighted by molar-refractivity contribution is 0.165. The highest BCUT2D eigenvalue weighted by Crippen LogP contribution is 2.25. The molecule has 0 aliphatic rings. The van der Waals surface area contributed by atoms with Crippen LogP contribution >= 0.6 is 34.8 Å². The van der Waals surface area contributed by atoms with Crippen molar-refractivity contribution in [2.24, 2.45) is 0 Å². The van der Waals surface area contributed by atoms with Crippen molar-refractivity contribution in [3.63, 3.8) is 0 Å². The Bertz CT molecular complexity index is 262. The predicted octanol–water partition coefficient (Wildman–Crippen LogP) is 3.71. The van der Waals surface area contributed by atoms with Crippen LogP contribution in [0.25, 0.3) is 0 Å². The summed E-state index contributed by atoms with van der Waals surface area (Å²) in [5.74, 6) is 0. The highest BCUT2D eigenvalue weighted by atomic mass is 35.5. The van der Waals surface area contributed by atoms with Crippen LogP contribution in [0, 0.1) is 0 Å². The van der Waals surface area contributed by atoms with E-state index in [1.165, 1.54) is 0 Å². The fourth-order valence-electron chi connectivity index (χ4n) is 0.808. The largest absolute Gasteiger partial charge is 0.361 e. The lowest BCUT2D eigenvalue weighted by atomic mass is 10.2. The van der Waals surface area contributed by atoms with Crippen molar-refractivity contribution < 1.29 is 4.74 Å². The molecule has 0 atom stereocenters. The monoisotopic (exact) mass is 224 g/mol. The van der Waals surface area contributed by atoms with E-state index in [9.17, 15) is 0 Å². The van der Waals surface area contributed by atoms with Crippen molar-refractivity contribution in [3.8, 4) is 0 Å². The lowest BCUT2D eigenvalue weighted by Crippen LogP contribution is -1.91. The van der Waals surface area contributed by atoms with E-state index in [0.717, 1.165) is 5.56 Å². The molecule has 0 aliphatic heterocycles. The molecule has 0 unspecified atom stereocenters. The molecule has 66 valence electrons. The summed E-state index contributed by atoms with van der Waals surface area (Å²) in [6, 6.07) is 5.55. The molecule has 0 fully saturated rings. The molecule has 12 heavy (non-hydrogen) atoms. The van der Waals surface area contributed by atoms with Crippen LogP contribution in [0.5, 0.6) is 0 Å². The minimum Gasteiger partial charge on any atom is -0.361 e. The molecule has 1 aromatic rings. The Labute approximate surface area is 86.2 Å². The second kappa shape index (κ2) is 4.93. The van der Waals surface area contributed by atoms with Crippen molar-refractivity contribution in [2.75, 3.05) is 6.07 Å². The average Bonchev–Trinajstić information content (AvgIpc) is 2.08. The molecule has 0 radical (unpaired) electrons. The average molecular weight is 226 g/mol. The Kier molecular flexibility index (Phi) is 4.16. The van der Waals surface area contributed by atoms with Gasteiger partial charge in [0.25, 0.3) is 0 Å². The van der Waals surface area contributed by atoms with Crippen LogP contribution in [-0.2, 0) is 11.3 Å². The third kappa shape index (κ3) is 2.53. The Hall–Kier alpha value is 0.0500. The van der Waals surface area contributed by atoms with E-state index < -0.39 is 0 Å². The van der Waals surface area contributed by atoms with Gasteiger partial charge in [0, 0.05) is 0 Å². The molecule has 4 heteroatoms. The van der Waals surface area contributed by atoms with Crippen LogP contribution in [0.2, 0.25) is 10.0 Å². The minimum absolute atomic E-state index is 0.156. The molecule has 0 N–H and O–H groups in total. The van der Waals surface area contributed by atoms with Gasteiger partial charge in [-0.3, -0.25) is 0 Å². The van der Waals surface area contributed by atoms with Gasteiger partial charge < -0.3 is 4.74 Å². The smallest absolute Gasteiger partial charge is 0.121 e. The summed E-state index contributed by atoms with van der Waals surface area (Å²) in [5, 5.41) is 1.07. The van der Waals surface area contributed by atoms with Crippen LogP contribution < -0.4 is 0 Å². The fraction of sp³-hybridized carbons (Fsp3) is 0.250. The number of hydrogen-bond acceptors (Lipinski definition) is 1. The van der Waals surface area contributed by atoms with Gasteiger partial charge in [0.15, 0.2) is 0 Å². The number of rotatable bonds is 3. The van der Waals surface area contributed by atoms with E-state index in [1.54, 1.807) is 6.07 Å². The van der Waals surface area contributed by atoms with E-state index in [0.29, 0.717) is 16.7 Å². The molecular formula is C8H7Cl3O. The second-order valence-electron chi connectivity index (χ2n) is 2.17. The summed E-state index contributed by atoms with van der Waals surface area (Å²) >= 11 is 17.0. The van der Waals surface area contributed by atoms with Crippen molar-refractivity contribution >= 4 is 34.8 Å². The van der Waals surface area contributed by atoms with E-state index >= 15 is 0 Å². The number of halogens is 3. The van der Waals surface area contributed by atoms with Crippen molar-refractivity contribution in [2.45, 2.75) is 6.61 Å². The van der Waals surface area contributed by atoms with E-state index in [2.05, 4.69) is 0 Å². The van der Waals surface area contributed by atoms with Crippen LogP contribution in [0.3, 0.4) is 0 Å². The lowest BCUT2D eigenvalue weighted by Gasteiger charge is -2.04. The van der Waals surface area contributed by atoms with Crippen LogP contribution in [0.1, 0.15) is 5.56 Å². The molecule has 0 heterocycles. The third-order valence-corrected chi connectivity index (χ3v) is 2.38. The summed E-state index contributed by atoms with van der Waals surface area (Å²) in [4.78, 5) is 0. The summed E-state index contributed by atoms with van der Waals surface area (Å²) in [5.41, 5.74) is 0.852. The maximum atomic E-state index is 5.87. The molecule has 0 bridgehead atoms. The molecule has 0 aromatic heterocycles. The first-order valence-electron chi connectivity index (χ1n) is 3.32. The van der Waals surface area contributed by atoms with Gasteiger partial charge in [-0.1, -0.05) is 46.9 Å². The zero-order valence-electron chi connectivity index (χ0n) is 6.19. The van der Waals surface area contributed by atoms with Crippen LogP contribution in [0.4, 0.5) is 0 Å². The van der Waals surface area contributed by atoms with Gasteiger partial charge in [0.2, 0.25) is 0 Å². The van der Waals surface area contributed by atoms with Gasteiger partial charge in [-0.2, -0.15) is 0 Å². The summed E-state index contributed by atoms with van der Waals surface area (Å²) in [6.45, 7) is 0.392. The van der Waals surface area contributed by atoms with Crippen molar-refractivity contribution in [3.05, 3.63) is 33.8 Å². The third-order valence-electron chi connectivity index (χ3n) is 1.37. The Morgan fingerprint density at radius 2 is 2.00 bits per heavy atom. The minimum atomic E-state index is 0.156. The normalized spacial score (nSPS) is 10.2. The molecule has 1 aromatic carbocycles. The molecule has 0 spiro atoms. The Morgan fingerprint density at radius 3 is 2.67 bits per heavy atom. The second-order valence-corrected chi connectivity index (χ2v) is 3.17. The molecule has 0 saturated carbocycles. The van der Waals surface area contributed by atoms with Gasteiger partial charge >= 0.3 is 0 Å². The Morgan fingerprint density at radius 1 is 1.25 bits per heavy atom. The van der Waals surface area contributed by atoms with E-state index in [-0.39, 0.29) is 6.07 Å². The molecule has 0 saturated heterocycles. The van der Waals surface area contributed by atoms with E-state index in [4.69, 9.17) is 39.5 Å².